The molecule has 0 amide bonds. The van der Waals surface area contributed by atoms with Crippen molar-refractivity contribution in [2.75, 3.05) is 23.7 Å². The highest BCUT2D eigenvalue weighted by Crippen LogP contribution is 2.30. The second kappa shape index (κ2) is 6.11. The summed E-state index contributed by atoms with van der Waals surface area (Å²) in [5, 5.41) is 8.69. The number of hydrogen-bond acceptors (Lipinski definition) is 6. The summed E-state index contributed by atoms with van der Waals surface area (Å²) in [6.07, 6.45) is 5.66. The number of benzene rings is 1. The first-order chi connectivity index (χ1) is 13.5. The van der Waals surface area contributed by atoms with Crippen LogP contribution in [0.4, 0.5) is 20.4 Å². The molecular formula is C18H18F2N8. The first-order valence-corrected chi connectivity index (χ1v) is 9.04. The molecule has 3 aromatic heterocycles. The molecule has 1 fully saturated rings. The summed E-state index contributed by atoms with van der Waals surface area (Å²) in [5.41, 5.74) is 7.47. The number of hydrogen-bond donors (Lipinski definition) is 1. The van der Waals surface area contributed by atoms with Gasteiger partial charge in [-0.2, -0.15) is 9.61 Å². The van der Waals surface area contributed by atoms with Gasteiger partial charge in [0.05, 0.1) is 22.8 Å². The smallest absolute Gasteiger partial charge is 0.223 e. The maximum atomic E-state index is 14.4. The van der Waals surface area contributed by atoms with Gasteiger partial charge >= 0.3 is 0 Å². The molecule has 0 spiro atoms. The minimum Gasteiger partial charge on any atom is -0.368 e. The second-order valence-corrected chi connectivity index (χ2v) is 7.09. The van der Waals surface area contributed by atoms with Gasteiger partial charge in [-0.1, -0.05) is 0 Å². The van der Waals surface area contributed by atoms with E-state index in [0.717, 1.165) is 31.1 Å². The van der Waals surface area contributed by atoms with Crippen LogP contribution in [-0.2, 0) is 7.05 Å². The average Bonchev–Trinajstić information content (AvgIpc) is 3.32. The number of aromatic nitrogens is 6. The summed E-state index contributed by atoms with van der Waals surface area (Å²) >= 11 is 0. The zero-order chi connectivity index (χ0) is 19.4. The average molecular weight is 384 g/mol. The van der Waals surface area contributed by atoms with E-state index in [1.54, 1.807) is 4.68 Å². The van der Waals surface area contributed by atoms with Crippen LogP contribution in [-0.4, -0.2) is 42.5 Å². The van der Waals surface area contributed by atoms with Crippen LogP contribution >= 0.6 is 0 Å². The van der Waals surface area contributed by atoms with Crippen LogP contribution in [0, 0.1) is 11.6 Å². The fraction of sp³-hybridized carbons (Fsp3) is 0.333. The number of rotatable bonds is 2. The summed E-state index contributed by atoms with van der Waals surface area (Å²) < 4.78 is 31.3. The van der Waals surface area contributed by atoms with Crippen molar-refractivity contribution in [3.8, 4) is 0 Å². The number of nitrogens with two attached hydrogens (primary N) is 1. The van der Waals surface area contributed by atoms with Crippen LogP contribution in [0.5, 0.6) is 0 Å². The molecule has 2 N–H and O–H groups in total. The fourth-order valence-corrected chi connectivity index (χ4v) is 3.83. The molecule has 0 unspecified atom stereocenters. The highest BCUT2D eigenvalue weighted by molar-refractivity contribution is 5.92. The standard InChI is InChI=1S/C18H18F2N8/c1-26-9-11(7-22-26)27-6-2-3-10(8-27)16-24-17-14-13(5-4-12(19)15(14)20)23-18(21)28(17)25-16/h4-5,7,9-10H,2-3,6,8H2,1H3,(H2,21,23)/t10-/m0/s1. The van der Waals surface area contributed by atoms with Crippen LogP contribution in [0.3, 0.4) is 0 Å². The van der Waals surface area contributed by atoms with Crippen molar-refractivity contribution in [1.29, 1.82) is 0 Å². The Balaban J connectivity index is 1.58. The third-order valence-electron chi connectivity index (χ3n) is 5.21. The topological polar surface area (TPSA) is 90.2 Å². The molecule has 1 aliphatic heterocycles. The predicted molar refractivity (Wildman–Crippen MR) is 100 cm³/mol. The van der Waals surface area contributed by atoms with Gasteiger partial charge in [-0.25, -0.2) is 18.7 Å². The van der Waals surface area contributed by atoms with E-state index in [0.29, 0.717) is 12.4 Å². The Morgan fingerprint density at radius 1 is 1.21 bits per heavy atom. The minimum atomic E-state index is -0.991. The van der Waals surface area contributed by atoms with Crippen molar-refractivity contribution in [3.63, 3.8) is 0 Å². The predicted octanol–water partition coefficient (Wildman–Crippen LogP) is 2.26. The lowest BCUT2D eigenvalue weighted by molar-refractivity contribution is 0.491. The lowest BCUT2D eigenvalue weighted by Gasteiger charge is -2.32. The monoisotopic (exact) mass is 384 g/mol. The summed E-state index contributed by atoms with van der Waals surface area (Å²) in [5.74, 6) is -1.26. The molecule has 0 saturated carbocycles. The van der Waals surface area contributed by atoms with Gasteiger partial charge in [0.1, 0.15) is 0 Å². The highest BCUT2D eigenvalue weighted by atomic mass is 19.2. The van der Waals surface area contributed by atoms with Crippen LogP contribution in [0.15, 0.2) is 24.5 Å². The van der Waals surface area contributed by atoms with Gasteiger partial charge in [0.15, 0.2) is 23.1 Å². The zero-order valence-corrected chi connectivity index (χ0v) is 15.2. The molecule has 4 aromatic rings. The minimum absolute atomic E-state index is 0.00660. The molecule has 5 rings (SSSR count). The Kier molecular flexibility index (Phi) is 3.68. The van der Waals surface area contributed by atoms with Crippen LogP contribution in [0.2, 0.25) is 0 Å². The van der Waals surface area contributed by atoms with E-state index in [9.17, 15) is 8.78 Å². The van der Waals surface area contributed by atoms with Gasteiger partial charge in [0.25, 0.3) is 0 Å². The molecule has 1 saturated heterocycles. The lowest BCUT2D eigenvalue weighted by atomic mass is 9.97. The van der Waals surface area contributed by atoms with Crippen molar-refractivity contribution in [2.24, 2.45) is 7.05 Å². The number of piperidine rings is 1. The molecule has 4 heterocycles. The van der Waals surface area contributed by atoms with E-state index < -0.39 is 11.6 Å². The molecule has 10 heteroatoms. The zero-order valence-electron chi connectivity index (χ0n) is 15.2. The van der Waals surface area contributed by atoms with Gasteiger partial charge < -0.3 is 10.6 Å². The number of nitrogens with zero attached hydrogens (tertiary/aromatic N) is 7. The third-order valence-corrected chi connectivity index (χ3v) is 5.21. The van der Waals surface area contributed by atoms with Crippen molar-refractivity contribution < 1.29 is 8.78 Å². The number of fused-ring (bicyclic) bond motifs is 3. The molecule has 1 atom stereocenters. The Morgan fingerprint density at radius 3 is 2.86 bits per heavy atom. The third kappa shape index (κ3) is 2.55. The molecule has 1 aliphatic rings. The molecule has 28 heavy (non-hydrogen) atoms. The fourth-order valence-electron chi connectivity index (χ4n) is 3.83. The Hall–Kier alpha value is -3.30. The molecule has 0 bridgehead atoms. The molecular weight excluding hydrogens is 366 g/mol. The normalized spacial score (nSPS) is 17.7. The summed E-state index contributed by atoms with van der Waals surface area (Å²) in [7, 11) is 1.88. The number of nitrogen functional groups attached to an aromatic ring is 1. The first kappa shape index (κ1) is 16.8. The largest absolute Gasteiger partial charge is 0.368 e. The maximum absolute atomic E-state index is 14.4. The molecule has 144 valence electrons. The quantitative estimate of drug-likeness (QED) is 0.570. The van der Waals surface area contributed by atoms with Gasteiger partial charge in [0.2, 0.25) is 5.95 Å². The Labute approximate surface area is 158 Å². The Morgan fingerprint density at radius 2 is 2.07 bits per heavy atom. The van der Waals surface area contributed by atoms with Crippen molar-refractivity contribution in [2.45, 2.75) is 18.8 Å². The highest BCUT2D eigenvalue weighted by Gasteiger charge is 2.27. The van der Waals surface area contributed by atoms with Gasteiger partial charge in [-0.05, 0) is 25.0 Å². The van der Waals surface area contributed by atoms with E-state index in [2.05, 4.69) is 25.1 Å². The lowest BCUT2D eigenvalue weighted by Crippen LogP contribution is -2.34. The second-order valence-electron chi connectivity index (χ2n) is 7.09. The van der Waals surface area contributed by atoms with Crippen molar-refractivity contribution >= 4 is 28.2 Å². The molecule has 0 radical (unpaired) electrons. The SMILES string of the molecule is Cn1cc(N2CCC[C@H](c3nc4c5c(F)c(F)ccc5nc(N)n4n3)C2)cn1. The van der Waals surface area contributed by atoms with Gasteiger partial charge in [-0.15, -0.1) is 5.10 Å². The van der Waals surface area contributed by atoms with E-state index in [1.807, 2.05) is 19.4 Å². The van der Waals surface area contributed by atoms with Crippen LogP contribution in [0.1, 0.15) is 24.6 Å². The van der Waals surface area contributed by atoms with Crippen LogP contribution < -0.4 is 10.6 Å². The van der Waals surface area contributed by atoms with Crippen LogP contribution in [0.25, 0.3) is 16.6 Å². The number of halogens is 2. The summed E-state index contributed by atoms with van der Waals surface area (Å²) in [6.45, 7) is 1.63. The van der Waals surface area contributed by atoms with E-state index in [-0.39, 0.29) is 28.4 Å². The first-order valence-electron chi connectivity index (χ1n) is 9.04. The van der Waals surface area contributed by atoms with Gasteiger partial charge in [0, 0.05) is 32.3 Å². The summed E-state index contributed by atoms with van der Waals surface area (Å²) in [4.78, 5) is 10.9. The van der Waals surface area contributed by atoms with Crippen molar-refractivity contribution in [1.82, 2.24) is 29.4 Å². The number of anilines is 2. The summed E-state index contributed by atoms with van der Waals surface area (Å²) in [6, 6.07) is 2.42. The van der Waals surface area contributed by atoms with E-state index >= 15 is 0 Å². The van der Waals surface area contributed by atoms with E-state index in [1.165, 1.54) is 10.6 Å². The van der Waals surface area contributed by atoms with Crippen molar-refractivity contribution in [3.05, 3.63) is 42.0 Å². The van der Waals surface area contributed by atoms with Gasteiger partial charge in [-0.3, -0.25) is 4.68 Å². The molecule has 8 nitrogen and oxygen atoms in total. The number of aryl methyl sites for hydroxylation is 1. The molecule has 1 aromatic carbocycles. The maximum Gasteiger partial charge on any atom is 0.223 e. The van der Waals surface area contributed by atoms with E-state index in [4.69, 9.17) is 5.73 Å². The Bertz CT molecular complexity index is 1200. The molecule has 0 aliphatic carbocycles.